The first-order chi connectivity index (χ1) is 18.4. The van der Waals surface area contributed by atoms with E-state index in [0.717, 1.165) is 35.0 Å². The topological polar surface area (TPSA) is 84.2 Å². The lowest BCUT2D eigenvalue weighted by Gasteiger charge is -2.22. The summed E-state index contributed by atoms with van der Waals surface area (Å²) < 4.78 is 41.1. The van der Waals surface area contributed by atoms with Gasteiger partial charge in [-0.2, -0.15) is 18.3 Å². The molecule has 0 aliphatic carbocycles. The van der Waals surface area contributed by atoms with E-state index in [-0.39, 0.29) is 29.9 Å². The largest absolute Gasteiger partial charge is 0.481 e. The minimum atomic E-state index is -4.47. The summed E-state index contributed by atoms with van der Waals surface area (Å²) in [6, 6.07) is 15.9. The van der Waals surface area contributed by atoms with E-state index in [2.05, 4.69) is 24.3 Å². The van der Waals surface area contributed by atoms with Crippen LogP contribution < -0.4 is 5.32 Å². The lowest BCUT2D eigenvalue weighted by Crippen LogP contribution is -2.26. The average molecular weight is 558 g/mol. The van der Waals surface area contributed by atoms with E-state index in [0.29, 0.717) is 22.6 Å². The molecule has 4 aromatic rings. The fraction of sp³-hybridized carbons (Fsp3) is 0.276. The van der Waals surface area contributed by atoms with Crippen LogP contribution in [0.3, 0.4) is 0 Å². The average Bonchev–Trinajstić information content (AvgIpc) is 3.29. The first-order valence-corrected chi connectivity index (χ1v) is 12.8. The Labute approximate surface area is 228 Å². The number of hydrogen-bond acceptors (Lipinski definition) is 3. The van der Waals surface area contributed by atoms with E-state index in [1.165, 1.54) is 6.07 Å². The molecule has 1 aromatic heterocycles. The second kappa shape index (κ2) is 11.5. The number of amides is 1. The van der Waals surface area contributed by atoms with Crippen LogP contribution in [0.4, 0.5) is 13.2 Å². The highest BCUT2D eigenvalue weighted by Gasteiger charge is 2.31. The van der Waals surface area contributed by atoms with E-state index in [1.54, 1.807) is 18.3 Å². The smallest absolute Gasteiger partial charge is 0.416 e. The van der Waals surface area contributed by atoms with Crippen molar-refractivity contribution in [2.75, 3.05) is 6.54 Å². The molecule has 1 atom stereocenters. The number of benzene rings is 3. The van der Waals surface area contributed by atoms with Gasteiger partial charge in [0.15, 0.2) is 0 Å². The van der Waals surface area contributed by atoms with Gasteiger partial charge in [0.2, 0.25) is 0 Å². The minimum Gasteiger partial charge on any atom is -0.481 e. The molecular formula is C29H27ClF3N3O3. The first kappa shape index (κ1) is 28.2. The highest BCUT2D eigenvalue weighted by atomic mass is 35.5. The van der Waals surface area contributed by atoms with Crippen LogP contribution in [0.2, 0.25) is 5.02 Å². The molecule has 0 aliphatic rings. The Morgan fingerprint density at radius 1 is 1.05 bits per heavy atom. The monoisotopic (exact) mass is 557 g/mol. The van der Waals surface area contributed by atoms with Gasteiger partial charge in [0, 0.05) is 28.1 Å². The predicted molar refractivity (Wildman–Crippen MR) is 144 cm³/mol. The lowest BCUT2D eigenvalue weighted by molar-refractivity contribution is -0.138. The molecule has 0 bridgehead atoms. The first-order valence-electron chi connectivity index (χ1n) is 12.4. The van der Waals surface area contributed by atoms with Gasteiger partial charge < -0.3 is 10.4 Å². The van der Waals surface area contributed by atoms with E-state index in [4.69, 9.17) is 16.7 Å². The Balaban J connectivity index is 1.62. The number of nitrogens with one attached hydrogen (secondary N) is 1. The van der Waals surface area contributed by atoms with Crippen molar-refractivity contribution in [3.63, 3.8) is 0 Å². The van der Waals surface area contributed by atoms with E-state index >= 15 is 0 Å². The zero-order valence-corrected chi connectivity index (χ0v) is 22.1. The van der Waals surface area contributed by atoms with Crippen LogP contribution in [0.1, 0.15) is 54.2 Å². The molecule has 0 aliphatic heterocycles. The van der Waals surface area contributed by atoms with Crippen molar-refractivity contribution in [3.05, 3.63) is 88.6 Å². The maximum atomic E-state index is 13.0. The number of carbonyl (C=O) groups is 2. The molecule has 0 saturated carbocycles. The molecule has 3 aromatic carbocycles. The summed E-state index contributed by atoms with van der Waals surface area (Å²) in [6.45, 7) is 4.26. The summed E-state index contributed by atoms with van der Waals surface area (Å²) in [7, 11) is 0. The number of aromatic nitrogens is 2. The number of hydrogen-bond donors (Lipinski definition) is 2. The lowest BCUT2D eigenvalue weighted by atomic mass is 9.95. The number of fused-ring (bicyclic) bond motifs is 1. The molecule has 39 heavy (non-hydrogen) atoms. The third-order valence-electron chi connectivity index (χ3n) is 6.37. The van der Waals surface area contributed by atoms with Gasteiger partial charge in [-0.05, 0) is 59.9 Å². The summed E-state index contributed by atoms with van der Waals surface area (Å²) in [5.74, 6) is -0.996. The number of carboxylic acid groups (broad SMARTS) is 1. The number of halogens is 4. The molecule has 1 heterocycles. The molecule has 10 heteroatoms. The Morgan fingerprint density at radius 2 is 1.77 bits per heavy atom. The standard InChI is InChI=1S/C29H27ClF3N3O3/c1-17(2)13-26(18-3-5-19(6-4-18)28(39)34-12-11-27(37)38)36-25-10-7-20(14-21(25)16-35-36)23-9-8-22(15-24(23)30)29(31,32)33/h3-10,14-17,26H,11-13H2,1-2H3,(H,34,39)(H,37,38)/t26-/m1/s1. The van der Waals surface area contributed by atoms with E-state index in [9.17, 15) is 22.8 Å². The summed E-state index contributed by atoms with van der Waals surface area (Å²) in [5.41, 5.74) is 2.60. The van der Waals surface area contributed by atoms with Crippen LogP contribution in [-0.2, 0) is 11.0 Å². The van der Waals surface area contributed by atoms with Crippen molar-refractivity contribution >= 4 is 34.4 Å². The van der Waals surface area contributed by atoms with E-state index in [1.807, 2.05) is 35.0 Å². The third kappa shape index (κ3) is 6.60. The number of alkyl halides is 3. The molecule has 0 radical (unpaired) electrons. The van der Waals surface area contributed by atoms with Crippen LogP contribution in [0.25, 0.3) is 22.0 Å². The van der Waals surface area contributed by atoms with Crippen molar-refractivity contribution in [3.8, 4) is 11.1 Å². The Hall–Kier alpha value is -3.85. The number of carboxylic acids is 1. The zero-order chi connectivity index (χ0) is 28.3. The van der Waals surface area contributed by atoms with Gasteiger partial charge in [0.05, 0.1) is 29.7 Å². The number of rotatable bonds is 9. The Bertz CT molecular complexity index is 1500. The summed E-state index contributed by atoms with van der Waals surface area (Å²) >= 11 is 6.22. The fourth-order valence-corrected chi connectivity index (χ4v) is 4.75. The summed E-state index contributed by atoms with van der Waals surface area (Å²) in [4.78, 5) is 23.0. The summed E-state index contributed by atoms with van der Waals surface area (Å²) in [6.07, 6.45) is -2.14. The van der Waals surface area contributed by atoms with Crippen LogP contribution >= 0.6 is 11.6 Å². The van der Waals surface area contributed by atoms with Crippen molar-refractivity contribution in [2.24, 2.45) is 5.92 Å². The molecule has 0 spiro atoms. The second-order valence-electron chi connectivity index (χ2n) is 9.72. The maximum Gasteiger partial charge on any atom is 0.416 e. The molecule has 1 amide bonds. The van der Waals surface area contributed by atoms with Gasteiger partial charge in [-0.25, -0.2) is 0 Å². The number of aliphatic carboxylic acids is 1. The van der Waals surface area contributed by atoms with E-state index < -0.39 is 17.7 Å². The van der Waals surface area contributed by atoms with Gasteiger partial charge in [0.1, 0.15) is 0 Å². The Kier molecular flexibility index (Phi) is 8.30. The van der Waals surface area contributed by atoms with Crippen molar-refractivity contribution < 1.29 is 27.9 Å². The zero-order valence-electron chi connectivity index (χ0n) is 21.3. The maximum absolute atomic E-state index is 13.0. The van der Waals surface area contributed by atoms with Crippen LogP contribution in [-0.4, -0.2) is 33.3 Å². The molecule has 0 fully saturated rings. The van der Waals surface area contributed by atoms with Gasteiger partial charge in [-0.3, -0.25) is 14.3 Å². The van der Waals surface area contributed by atoms with Crippen molar-refractivity contribution in [1.29, 1.82) is 0 Å². The third-order valence-corrected chi connectivity index (χ3v) is 6.69. The van der Waals surface area contributed by atoms with Crippen molar-refractivity contribution in [2.45, 2.75) is 38.9 Å². The Morgan fingerprint density at radius 3 is 2.38 bits per heavy atom. The number of nitrogens with zero attached hydrogens (tertiary/aromatic N) is 2. The molecule has 6 nitrogen and oxygen atoms in total. The number of carbonyl (C=O) groups excluding carboxylic acids is 1. The minimum absolute atomic E-state index is 0.0151. The molecule has 2 N–H and O–H groups in total. The fourth-order valence-electron chi connectivity index (χ4n) is 4.46. The van der Waals surface area contributed by atoms with Gasteiger partial charge in [-0.15, -0.1) is 0 Å². The van der Waals surface area contributed by atoms with Gasteiger partial charge >= 0.3 is 12.1 Å². The molecule has 0 unspecified atom stereocenters. The van der Waals surface area contributed by atoms with Crippen LogP contribution in [0, 0.1) is 5.92 Å². The second-order valence-corrected chi connectivity index (χ2v) is 10.1. The SMILES string of the molecule is CC(C)C[C@H](c1ccc(C(=O)NCCC(=O)O)cc1)n1ncc2cc(-c3ccc(C(F)(F)F)cc3Cl)ccc21. The highest BCUT2D eigenvalue weighted by molar-refractivity contribution is 6.33. The quantitative estimate of drug-likeness (QED) is 0.228. The molecule has 4 rings (SSSR count). The van der Waals surface area contributed by atoms with Gasteiger partial charge in [-0.1, -0.05) is 49.7 Å². The summed E-state index contributed by atoms with van der Waals surface area (Å²) in [5, 5.41) is 16.8. The van der Waals surface area contributed by atoms with Crippen LogP contribution in [0.15, 0.2) is 66.9 Å². The molecular weight excluding hydrogens is 531 g/mol. The normalized spacial score (nSPS) is 12.6. The van der Waals surface area contributed by atoms with Gasteiger partial charge in [0.25, 0.3) is 5.91 Å². The van der Waals surface area contributed by atoms with Crippen LogP contribution in [0.5, 0.6) is 0 Å². The van der Waals surface area contributed by atoms with Crippen molar-refractivity contribution in [1.82, 2.24) is 15.1 Å². The highest BCUT2D eigenvalue weighted by Crippen LogP contribution is 2.37. The predicted octanol–water partition coefficient (Wildman–Crippen LogP) is 7.22. The molecule has 204 valence electrons. The molecule has 0 saturated heterocycles.